The molecule has 4 heteroatoms. The number of esters is 1. The van der Waals surface area contributed by atoms with E-state index in [0.717, 1.165) is 17.9 Å². The van der Waals surface area contributed by atoms with E-state index in [1.165, 1.54) is 20.0 Å². The number of para-hydroxylation sites is 1. The van der Waals surface area contributed by atoms with Crippen LogP contribution >= 0.6 is 0 Å². The minimum atomic E-state index is -0.638. The van der Waals surface area contributed by atoms with Gasteiger partial charge in [-0.05, 0) is 30.4 Å². The fourth-order valence-electron chi connectivity index (χ4n) is 1.78. The molecular formula is C14H19NO3. The van der Waals surface area contributed by atoms with E-state index in [4.69, 9.17) is 10.5 Å². The summed E-state index contributed by atoms with van der Waals surface area (Å²) in [5.41, 5.74) is 6.72. The summed E-state index contributed by atoms with van der Waals surface area (Å²) >= 11 is 0. The van der Waals surface area contributed by atoms with E-state index in [2.05, 4.69) is 4.74 Å². The van der Waals surface area contributed by atoms with Gasteiger partial charge in [0.15, 0.2) is 0 Å². The zero-order valence-electron chi connectivity index (χ0n) is 10.6. The molecule has 1 fully saturated rings. The van der Waals surface area contributed by atoms with Gasteiger partial charge in [-0.3, -0.25) is 4.79 Å². The molecular weight excluding hydrogens is 230 g/mol. The number of hydrogen-bond acceptors (Lipinski definition) is 4. The monoisotopic (exact) mass is 249 g/mol. The van der Waals surface area contributed by atoms with Gasteiger partial charge >= 0.3 is 5.97 Å². The SMILES string of the molecule is COC(=O)C(N)Cc1ccccc1OCC1CC1. The van der Waals surface area contributed by atoms with Crippen molar-refractivity contribution in [2.45, 2.75) is 25.3 Å². The van der Waals surface area contributed by atoms with E-state index in [9.17, 15) is 4.79 Å². The van der Waals surface area contributed by atoms with Gasteiger partial charge in [0.1, 0.15) is 11.8 Å². The lowest BCUT2D eigenvalue weighted by atomic mass is 10.1. The Balaban J connectivity index is 1.99. The number of methoxy groups -OCH3 is 1. The van der Waals surface area contributed by atoms with Gasteiger partial charge in [0.25, 0.3) is 0 Å². The second kappa shape index (κ2) is 5.87. The number of ether oxygens (including phenoxy) is 2. The average Bonchev–Trinajstić information content (AvgIpc) is 3.20. The third kappa shape index (κ3) is 3.47. The lowest BCUT2D eigenvalue weighted by Gasteiger charge is -2.14. The van der Waals surface area contributed by atoms with Gasteiger partial charge in [0.2, 0.25) is 0 Å². The summed E-state index contributed by atoms with van der Waals surface area (Å²) in [5.74, 6) is 1.13. The van der Waals surface area contributed by atoms with Crippen molar-refractivity contribution >= 4 is 5.97 Å². The molecule has 0 saturated heterocycles. The third-order valence-corrected chi connectivity index (χ3v) is 3.09. The molecule has 98 valence electrons. The molecule has 1 atom stereocenters. The second-order valence-corrected chi connectivity index (χ2v) is 4.70. The summed E-state index contributed by atoms with van der Waals surface area (Å²) in [6, 6.07) is 7.06. The summed E-state index contributed by atoms with van der Waals surface area (Å²) in [7, 11) is 1.34. The Morgan fingerprint density at radius 2 is 2.17 bits per heavy atom. The quantitative estimate of drug-likeness (QED) is 0.776. The van der Waals surface area contributed by atoms with Gasteiger partial charge < -0.3 is 15.2 Å². The van der Waals surface area contributed by atoms with Crippen LogP contribution in [0.3, 0.4) is 0 Å². The summed E-state index contributed by atoms with van der Waals surface area (Å²) in [6.07, 6.45) is 2.95. The van der Waals surface area contributed by atoms with E-state index in [1.807, 2.05) is 24.3 Å². The van der Waals surface area contributed by atoms with Crippen molar-refractivity contribution in [3.63, 3.8) is 0 Å². The first-order chi connectivity index (χ1) is 8.70. The van der Waals surface area contributed by atoms with Crippen LogP contribution in [0.15, 0.2) is 24.3 Å². The Hall–Kier alpha value is -1.55. The molecule has 1 aliphatic rings. The highest BCUT2D eigenvalue weighted by molar-refractivity contribution is 5.75. The zero-order chi connectivity index (χ0) is 13.0. The molecule has 0 bridgehead atoms. The van der Waals surface area contributed by atoms with Crippen molar-refractivity contribution in [1.82, 2.24) is 0 Å². The molecule has 0 heterocycles. The van der Waals surface area contributed by atoms with Crippen LogP contribution in [0.2, 0.25) is 0 Å². The molecule has 0 spiro atoms. The van der Waals surface area contributed by atoms with E-state index in [1.54, 1.807) is 0 Å². The maximum atomic E-state index is 11.3. The predicted octanol–water partition coefficient (Wildman–Crippen LogP) is 1.52. The minimum Gasteiger partial charge on any atom is -0.493 e. The first kappa shape index (κ1) is 12.9. The van der Waals surface area contributed by atoms with E-state index < -0.39 is 12.0 Å². The number of carbonyl (C=O) groups is 1. The molecule has 4 nitrogen and oxygen atoms in total. The first-order valence-electron chi connectivity index (χ1n) is 6.25. The molecule has 1 aromatic rings. The van der Waals surface area contributed by atoms with Crippen LogP contribution < -0.4 is 10.5 Å². The first-order valence-corrected chi connectivity index (χ1v) is 6.25. The molecule has 1 aliphatic carbocycles. The topological polar surface area (TPSA) is 61.5 Å². The fraction of sp³-hybridized carbons (Fsp3) is 0.500. The molecule has 1 saturated carbocycles. The van der Waals surface area contributed by atoms with E-state index in [-0.39, 0.29) is 0 Å². The zero-order valence-corrected chi connectivity index (χ0v) is 10.6. The summed E-state index contributed by atoms with van der Waals surface area (Å²) < 4.78 is 10.4. The molecule has 0 aliphatic heterocycles. The second-order valence-electron chi connectivity index (χ2n) is 4.70. The van der Waals surface area contributed by atoms with Crippen molar-refractivity contribution < 1.29 is 14.3 Å². The molecule has 18 heavy (non-hydrogen) atoms. The minimum absolute atomic E-state index is 0.396. The predicted molar refractivity (Wildman–Crippen MR) is 68.4 cm³/mol. The Morgan fingerprint density at radius 1 is 1.44 bits per heavy atom. The highest BCUT2D eigenvalue weighted by atomic mass is 16.5. The van der Waals surface area contributed by atoms with Crippen molar-refractivity contribution in [2.75, 3.05) is 13.7 Å². The summed E-state index contributed by atoms with van der Waals surface area (Å²) in [5, 5.41) is 0. The largest absolute Gasteiger partial charge is 0.493 e. The normalized spacial score (nSPS) is 16.1. The maximum absolute atomic E-state index is 11.3. The summed E-state index contributed by atoms with van der Waals surface area (Å²) in [4.78, 5) is 11.3. The molecule has 2 N–H and O–H groups in total. The number of hydrogen-bond donors (Lipinski definition) is 1. The Kier molecular flexibility index (Phi) is 4.20. The number of rotatable bonds is 6. The standard InChI is InChI=1S/C14H19NO3/c1-17-14(16)12(15)8-11-4-2-3-5-13(11)18-9-10-6-7-10/h2-5,10,12H,6-9,15H2,1H3. The highest BCUT2D eigenvalue weighted by Gasteiger charge is 2.23. The molecule has 1 unspecified atom stereocenters. The van der Waals surface area contributed by atoms with Crippen molar-refractivity contribution in [2.24, 2.45) is 11.7 Å². The van der Waals surface area contributed by atoms with Crippen LogP contribution in [0.1, 0.15) is 18.4 Å². The Bertz CT molecular complexity index is 415. The van der Waals surface area contributed by atoms with Crippen LogP contribution in [-0.4, -0.2) is 25.7 Å². The van der Waals surface area contributed by atoms with Gasteiger partial charge in [-0.15, -0.1) is 0 Å². The Morgan fingerprint density at radius 3 is 2.83 bits per heavy atom. The maximum Gasteiger partial charge on any atom is 0.322 e. The van der Waals surface area contributed by atoms with Gasteiger partial charge in [-0.25, -0.2) is 0 Å². The molecule has 0 radical (unpaired) electrons. The van der Waals surface area contributed by atoms with Gasteiger partial charge in [0, 0.05) is 6.42 Å². The smallest absolute Gasteiger partial charge is 0.322 e. The van der Waals surface area contributed by atoms with Crippen LogP contribution in [0.25, 0.3) is 0 Å². The number of benzene rings is 1. The third-order valence-electron chi connectivity index (χ3n) is 3.09. The summed E-state index contributed by atoms with van der Waals surface area (Å²) in [6.45, 7) is 0.754. The van der Waals surface area contributed by atoms with E-state index >= 15 is 0 Å². The lowest BCUT2D eigenvalue weighted by molar-refractivity contribution is -0.142. The van der Waals surface area contributed by atoms with Gasteiger partial charge in [-0.1, -0.05) is 18.2 Å². The lowest BCUT2D eigenvalue weighted by Crippen LogP contribution is -2.33. The van der Waals surface area contributed by atoms with Crippen molar-refractivity contribution in [3.05, 3.63) is 29.8 Å². The molecule has 2 rings (SSSR count). The Labute approximate surface area is 107 Å². The van der Waals surface area contributed by atoms with E-state index in [0.29, 0.717) is 12.3 Å². The number of nitrogens with two attached hydrogens (primary N) is 1. The van der Waals surface area contributed by atoms with Gasteiger partial charge in [-0.2, -0.15) is 0 Å². The van der Waals surface area contributed by atoms with Crippen LogP contribution in [0.5, 0.6) is 5.75 Å². The van der Waals surface area contributed by atoms with Crippen molar-refractivity contribution in [3.8, 4) is 5.75 Å². The molecule has 0 aromatic heterocycles. The van der Waals surface area contributed by atoms with Crippen molar-refractivity contribution in [1.29, 1.82) is 0 Å². The molecule has 0 amide bonds. The van der Waals surface area contributed by atoms with Crippen LogP contribution in [0.4, 0.5) is 0 Å². The molecule has 1 aromatic carbocycles. The van der Waals surface area contributed by atoms with Crippen LogP contribution in [-0.2, 0) is 16.0 Å². The fourth-order valence-corrected chi connectivity index (χ4v) is 1.78. The highest BCUT2D eigenvalue weighted by Crippen LogP contribution is 2.30. The number of carbonyl (C=O) groups excluding carboxylic acids is 1. The average molecular weight is 249 g/mol. The van der Waals surface area contributed by atoms with Crippen LogP contribution in [0, 0.1) is 5.92 Å². The van der Waals surface area contributed by atoms with Gasteiger partial charge in [0.05, 0.1) is 13.7 Å².